The van der Waals surface area contributed by atoms with E-state index in [1.165, 1.54) is 0 Å². The van der Waals surface area contributed by atoms with Crippen LogP contribution in [0, 0.1) is 13.8 Å². The van der Waals surface area contributed by atoms with Crippen molar-refractivity contribution in [2.45, 2.75) is 62.6 Å². The number of aromatic nitrogens is 1. The Kier molecular flexibility index (Phi) is 7.72. The highest BCUT2D eigenvalue weighted by atomic mass is 32.2. The van der Waals surface area contributed by atoms with Crippen LogP contribution in [0.1, 0.15) is 53.0 Å². The van der Waals surface area contributed by atoms with Crippen molar-refractivity contribution in [3.05, 3.63) is 76.5 Å². The van der Waals surface area contributed by atoms with Crippen LogP contribution in [0.25, 0.3) is 0 Å². The molecule has 2 aliphatic heterocycles. The second kappa shape index (κ2) is 11.4. The van der Waals surface area contributed by atoms with Gasteiger partial charge in [-0.2, -0.15) is 0 Å². The van der Waals surface area contributed by atoms with Crippen molar-refractivity contribution in [1.82, 2.24) is 9.29 Å². The van der Waals surface area contributed by atoms with Gasteiger partial charge >= 0.3 is 5.97 Å². The topological polar surface area (TPSA) is 121 Å². The minimum absolute atomic E-state index is 0.0421. The molecule has 1 aromatic heterocycles. The fourth-order valence-corrected chi connectivity index (χ4v) is 7.29. The number of pyridine rings is 1. The molecule has 1 aliphatic carbocycles. The van der Waals surface area contributed by atoms with Crippen molar-refractivity contribution in [2.24, 2.45) is 0 Å². The molecule has 216 valence electrons. The van der Waals surface area contributed by atoms with E-state index in [1.807, 2.05) is 54.6 Å². The van der Waals surface area contributed by atoms with Crippen LogP contribution < -0.4 is 16.0 Å². The summed E-state index contributed by atoms with van der Waals surface area (Å²) in [5.74, 6) is -0.474. The van der Waals surface area contributed by atoms with Gasteiger partial charge in [-0.3, -0.25) is 4.79 Å². The molecule has 41 heavy (non-hydrogen) atoms. The number of benzene rings is 2. The van der Waals surface area contributed by atoms with Gasteiger partial charge in [0.15, 0.2) is 0 Å². The van der Waals surface area contributed by atoms with Crippen LogP contribution >= 0.6 is 0 Å². The van der Waals surface area contributed by atoms with E-state index < -0.39 is 17.0 Å². The maximum atomic E-state index is 13.9. The number of nitrogens with one attached hydrogen (secondary N) is 1. The van der Waals surface area contributed by atoms with E-state index in [0.717, 1.165) is 52.2 Å². The van der Waals surface area contributed by atoms with Crippen molar-refractivity contribution in [2.75, 3.05) is 42.3 Å². The van der Waals surface area contributed by atoms with E-state index in [1.54, 1.807) is 6.20 Å². The van der Waals surface area contributed by atoms with Gasteiger partial charge in [-0.15, -0.1) is 0 Å². The number of nitrogens with two attached hydrogens (primary N) is 1. The second-order valence-corrected chi connectivity index (χ2v) is 12.8. The Balaban J connectivity index is 1.33. The SMILES string of the molecule is Cc1ccc(C(CC(=O)O)c2ccc(NC3CC3)c(N)c2C)cc1CN1CC2COCCN2c2ncccc2S1=O. The number of carboxylic acid groups (broad SMARTS) is 1. The number of carboxylic acids is 1. The number of hydrogen-bond donors (Lipinski definition) is 3. The van der Waals surface area contributed by atoms with Crippen LogP contribution in [-0.2, 0) is 27.1 Å². The molecule has 3 aliphatic rings. The Hall–Kier alpha value is -3.47. The summed E-state index contributed by atoms with van der Waals surface area (Å²) in [6, 6.07) is 14.3. The number of ether oxygens (including phenoxy) is 1. The van der Waals surface area contributed by atoms with Gasteiger partial charge < -0.3 is 25.8 Å². The van der Waals surface area contributed by atoms with Gasteiger partial charge in [0.05, 0.1) is 41.9 Å². The number of aliphatic carboxylic acids is 1. The normalized spacial score (nSPS) is 21.5. The molecule has 3 atom stereocenters. The second-order valence-electron chi connectivity index (χ2n) is 11.3. The molecule has 3 unspecified atom stereocenters. The lowest BCUT2D eigenvalue weighted by Crippen LogP contribution is -2.50. The zero-order valence-electron chi connectivity index (χ0n) is 23.5. The van der Waals surface area contributed by atoms with Gasteiger partial charge in [0.25, 0.3) is 0 Å². The summed E-state index contributed by atoms with van der Waals surface area (Å²) in [6.07, 6.45) is 3.98. The van der Waals surface area contributed by atoms with E-state index in [2.05, 4.69) is 21.3 Å². The van der Waals surface area contributed by atoms with E-state index in [9.17, 15) is 14.1 Å². The van der Waals surface area contributed by atoms with Crippen LogP contribution in [-0.4, -0.2) is 63.0 Å². The van der Waals surface area contributed by atoms with E-state index in [4.69, 9.17) is 10.5 Å². The lowest BCUT2D eigenvalue weighted by atomic mass is 9.84. The molecule has 0 spiro atoms. The predicted molar refractivity (Wildman–Crippen MR) is 161 cm³/mol. The van der Waals surface area contributed by atoms with E-state index >= 15 is 0 Å². The Morgan fingerprint density at radius 2 is 2.07 bits per heavy atom. The fraction of sp³-hybridized carbons (Fsp3) is 0.419. The number of anilines is 3. The molecule has 0 bridgehead atoms. The molecule has 0 radical (unpaired) electrons. The van der Waals surface area contributed by atoms with Crippen molar-refractivity contribution in [1.29, 1.82) is 0 Å². The van der Waals surface area contributed by atoms with Crippen molar-refractivity contribution in [3.63, 3.8) is 0 Å². The Morgan fingerprint density at radius 3 is 2.85 bits per heavy atom. The molecule has 4 N–H and O–H groups in total. The van der Waals surface area contributed by atoms with Crippen LogP contribution in [0.5, 0.6) is 0 Å². The summed E-state index contributed by atoms with van der Waals surface area (Å²) >= 11 is 0. The van der Waals surface area contributed by atoms with Gasteiger partial charge in [-0.1, -0.05) is 24.3 Å². The quantitative estimate of drug-likeness (QED) is 0.342. The molecule has 1 saturated heterocycles. The smallest absolute Gasteiger partial charge is 0.304 e. The summed E-state index contributed by atoms with van der Waals surface area (Å²) in [5.41, 5.74) is 12.9. The first-order chi connectivity index (χ1) is 19.8. The molecule has 10 heteroatoms. The molecular formula is C31H37N5O4S. The van der Waals surface area contributed by atoms with E-state index in [0.29, 0.717) is 49.5 Å². The third kappa shape index (κ3) is 5.68. The minimum Gasteiger partial charge on any atom is -0.481 e. The molecule has 0 amide bonds. The molecule has 6 rings (SSSR count). The van der Waals surface area contributed by atoms with Crippen LogP contribution in [0.4, 0.5) is 17.2 Å². The minimum atomic E-state index is -1.41. The van der Waals surface area contributed by atoms with E-state index in [-0.39, 0.29) is 18.4 Å². The van der Waals surface area contributed by atoms with Gasteiger partial charge in [-0.25, -0.2) is 13.5 Å². The molecule has 9 nitrogen and oxygen atoms in total. The van der Waals surface area contributed by atoms with Crippen molar-refractivity contribution < 1.29 is 18.8 Å². The zero-order valence-corrected chi connectivity index (χ0v) is 24.3. The highest BCUT2D eigenvalue weighted by Gasteiger charge is 2.35. The number of nitrogen functional groups attached to an aromatic ring is 1. The first-order valence-corrected chi connectivity index (χ1v) is 15.3. The molecule has 2 aromatic carbocycles. The number of morpholine rings is 1. The number of hydrogen-bond acceptors (Lipinski definition) is 7. The molecule has 1 saturated carbocycles. The van der Waals surface area contributed by atoms with Crippen molar-refractivity contribution >= 4 is 34.1 Å². The highest BCUT2D eigenvalue weighted by Crippen LogP contribution is 2.38. The van der Waals surface area contributed by atoms with Crippen LogP contribution in [0.3, 0.4) is 0 Å². The maximum Gasteiger partial charge on any atom is 0.304 e. The Morgan fingerprint density at radius 1 is 1.24 bits per heavy atom. The third-order valence-electron chi connectivity index (χ3n) is 8.46. The lowest BCUT2D eigenvalue weighted by Gasteiger charge is -2.36. The molecule has 3 heterocycles. The highest BCUT2D eigenvalue weighted by molar-refractivity contribution is 7.82. The average Bonchev–Trinajstić information content (AvgIpc) is 3.80. The number of nitrogens with zero attached hydrogens (tertiary/aromatic N) is 3. The monoisotopic (exact) mass is 575 g/mol. The fourth-order valence-electron chi connectivity index (χ4n) is 5.93. The standard InChI is InChI=1S/C31H37N5O4S/c1-19-5-6-21(26(15-29(37)38)25-9-10-27(30(32)20(25)2)34-23-7-8-23)14-22(19)16-35-17-24-18-40-13-12-36(24)31-28(41(35)39)4-3-11-33-31/h3-6,9-11,14,23-24,26,34H,7-8,12-13,15-18,32H2,1-2H3,(H,37,38). The molecule has 2 fully saturated rings. The van der Waals surface area contributed by atoms with Gasteiger partial charge in [0.2, 0.25) is 0 Å². The average molecular weight is 576 g/mol. The number of rotatable bonds is 8. The largest absolute Gasteiger partial charge is 0.481 e. The van der Waals surface area contributed by atoms with Crippen molar-refractivity contribution in [3.8, 4) is 0 Å². The molecular weight excluding hydrogens is 538 g/mol. The number of fused-ring (bicyclic) bond motifs is 3. The maximum absolute atomic E-state index is 13.9. The Labute approximate surface area is 243 Å². The first-order valence-electron chi connectivity index (χ1n) is 14.2. The van der Waals surface area contributed by atoms with Gasteiger partial charge in [-0.05, 0) is 72.7 Å². The summed E-state index contributed by atoms with van der Waals surface area (Å²) in [5, 5.41) is 13.4. The van der Waals surface area contributed by atoms with Gasteiger partial charge in [0.1, 0.15) is 16.8 Å². The summed E-state index contributed by atoms with van der Waals surface area (Å²) < 4.78 is 21.7. The third-order valence-corrected chi connectivity index (χ3v) is 9.90. The molecule has 3 aromatic rings. The Bertz CT molecular complexity index is 1490. The summed E-state index contributed by atoms with van der Waals surface area (Å²) in [6.45, 7) is 6.91. The predicted octanol–water partition coefficient (Wildman–Crippen LogP) is 4.21. The first kappa shape index (κ1) is 27.7. The summed E-state index contributed by atoms with van der Waals surface area (Å²) in [4.78, 5) is 19.6. The van der Waals surface area contributed by atoms with Crippen LogP contribution in [0.15, 0.2) is 53.6 Å². The van der Waals surface area contributed by atoms with Gasteiger partial charge in [0, 0.05) is 37.8 Å². The zero-order chi connectivity index (χ0) is 28.7. The van der Waals surface area contributed by atoms with Crippen LogP contribution in [0.2, 0.25) is 0 Å². The number of carbonyl (C=O) groups is 1. The number of aryl methyl sites for hydroxylation is 1. The summed E-state index contributed by atoms with van der Waals surface area (Å²) in [7, 11) is -1.41. The lowest BCUT2D eigenvalue weighted by molar-refractivity contribution is -0.137.